The molecular formula is C20H29N5O. The minimum atomic E-state index is 0.755. The third-order valence-electron chi connectivity index (χ3n) is 4.60. The lowest BCUT2D eigenvalue weighted by molar-refractivity contribution is 0.198. The van der Waals surface area contributed by atoms with Gasteiger partial charge in [0.2, 0.25) is 5.95 Å². The molecule has 1 N–H and O–H groups in total. The molecule has 2 heterocycles. The lowest BCUT2D eigenvalue weighted by Crippen LogP contribution is -2.47. The Balaban J connectivity index is 1.61. The van der Waals surface area contributed by atoms with E-state index in [2.05, 4.69) is 51.3 Å². The lowest BCUT2D eigenvalue weighted by atomic mass is 10.2. The van der Waals surface area contributed by atoms with Gasteiger partial charge >= 0.3 is 0 Å². The van der Waals surface area contributed by atoms with Gasteiger partial charge in [-0.1, -0.05) is 12.1 Å². The fourth-order valence-electron chi connectivity index (χ4n) is 3.21. The Kier molecular flexibility index (Phi) is 6.28. The third kappa shape index (κ3) is 4.85. The van der Waals surface area contributed by atoms with E-state index >= 15 is 0 Å². The molecule has 1 aliphatic heterocycles. The first kappa shape index (κ1) is 18.5. The summed E-state index contributed by atoms with van der Waals surface area (Å²) in [5, 5.41) is 3.37. The summed E-state index contributed by atoms with van der Waals surface area (Å²) in [6.45, 7) is 9.60. The highest BCUT2D eigenvalue weighted by molar-refractivity contribution is 5.51. The molecule has 0 spiro atoms. The van der Waals surface area contributed by atoms with Gasteiger partial charge in [0.15, 0.2) is 0 Å². The molecule has 0 atom stereocenters. The van der Waals surface area contributed by atoms with Crippen LogP contribution in [0.4, 0.5) is 17.5 Å². The van der Waals surface area contributed by atoms with E-state index in [1.807, 2.05) is 13.0 Å². The van der Waals surface area contributed by atoms with E-state index in [4.69, 9.17) is 9.72 Å². The van der Waals surface area contributed by atoms with E-state index in [9.17, 15) is 0 Å². The molecule has 1 aliphatic rings. The Labute approximate surface area is 156 Å². The zero-order valence-corrected chi connectivity index (χ0v) is 16.0. The van der Waals surface area contributed by atoms with E-state index in [0.29, 0.717) is 0 Å². The standard InChI is InChI=1S/C20H29N5O/c1-16-6-4-7-18(14-16)24-9-11-25(12-10-24)20-22-17(2)15-19(23-20)21-8-5-13-26-3/h4,6-7,14-15H,5,8-13H2,1-3H3,(H,21,22,23). The lowest BCUT2D eigenvalue weighted by Gasteiger charge is -2.36. The highest BCUT2D eigenvalue weighted by atomic mass is 16.5. The van der Waals surface area contributed by atoms with E-state index < -0.39 is 0 Å². The van der Waals surface area contributed by atoms with Gasteiger partial charge in [-0.25, -0.2) is 4.98 Å². The van der Waals surface area contributed by atoms with Gasteiger partial charge < -0.3 is 19.9 Å². The molecule has 0 saturated carbocycles. The van der Waals surface area contributed by atoms with Crippen molar-refractivity contribution in [1.29, 1.82) is 0 Å². The molecule has 1 aromatic carbocycles. The number of anilines is 3. The molecule has 1 aromatic heterocycles. The quantitative estimate of drug-likeness (QED) is 0.771. The summed E-state index contributed by atoms with van der Waals surface area (Å²) in [6.07, 6.45) is 0.962. The average molecular weight is 355 g/mol. The molecule has 6 nitrogen and oxygen atoms in total. The van der Waals surface area contributed by atoms with Crippen LogP contribution >= 0.6 is 0 Å². The zero-order chi connectivity index (χ0) is 18.4. The van der Waals surface area contributed by atoms with Crippen molar-refractivity contribution >= 4 is 17.5 Å². The van der Waals surface area contributed by atoms with Crippen LogP contribution in [0.1, 0.15) is 17.7 Å². The monoisotopic (exact) mass is 355 g/mol. The number of nitrogens with one attached hydrogen (secondary N) is 1. The summed E-state index contributed by atoms with van der Waals surface area (Å²) in [7, 11) is 1.73. The fraction of sp³-hybridized carbons (Fsp3) is 0.500. The molecule has 0 radical (unpaired) electrons. The number of rotatable bonds is 7. The fourth-order valence-corrected chi connectivity index (χ4v) is 3.21. The Hall–Kier alpha value is -2.34. The number of hydrogen-bond acceptors (Lipinski definition) is 6. The SMILES string of the molecule is COCCCNc1cc(C)nc(N2CCN(c3cccc(C)c3)CC2)n1. The van der Waals surface area contributed by atoms with Gasteiger partial charge in [0, 0.05) is 63.9 Å². The van der Waals surface area contributed by atoms with Crippen LogP contribution in [0.2, 0.25) is 0 Å². The van der Waals surface area contributed by atoms with Crippen LogP contribution < -0.4 is 15.1 Å². The predicted molar refractivity (Wildman–Crippen MR) is 107 cm³/mol. The number of piperazine rings is 1. The maximum absolute atomic E-state index is 5.09. The number of benzene rings is 1. The molecule has 140 valence electrons. The predicted octanol–water partition coefficient (Wildman–Crippen LogP) is 2.87. The number of methoxy groups -OCH3 is 1. The smallest absolute Gasteiger partial charge is 0.227 e. The zero-order valence-electron chi connectivity index (χ0n) is 16.0. The van der Waals surface area contributed by atoms with Crippen LogP contribution in [0, 0.1) is 13.8 Å². The summed E-state index contributed by atoms with van der Waals surface area (Å²) >= 11 is 0. The van der Waals surface area contributed by atoms with Crippen LogP contribution in [0.3, 0.4) is 0 Å². The van der Waals surface area contributed by atoms with Gasteiger partial charge in [-0.05, 0) is 38.0 Å². The number of hydrogen-bond donors (Lipinski definition) is 1. The van der Waals surface area contributed by atoms with E-state index in [1.54, 1.807) is 7.11 Å². The van der Waals surface area contributed by atoms with E-state index in [0.717, 1.165) is 63.2 Å². The van der Waals surface area contributed by atoms with Gasteiger partial charge in [0.05, 0.1) is 0 Å². The highest BCUT2D eigenvalue weighted by Crippen LogP contribution is 2.20. The molecule has 0 bridgehead atoms. The second-order valence-electron chi connectivity index (χ2n) is 6.78. The van der Waals surface area contributed by atoms with Crippen molar-refractivity contribution in [1.82, 2.24) is 9.97 Å². The molecule has 0 aliphatic carbocycles. The molecule has 6 heteroatoms. The Morgan fingerprint density at radius 2 is 1.81 bits per heavy atom. The first-order valence-corrected chi connectivity index (χ1v) is 9.31. The van der Waals surface area contributed by atoms with Gasteiger partial charge in [-0.2, -0.15) is 4.98 Å². The van der Waals surface area contributed by atoms with Crippen molar-refractivity contribution in [2.75, 3.05) is 61.6 Å². The van der Waals surface area contributed by atoms with Crippen LogP contribution in [-0.4, -0.2) is 56.4 Å². The minimum Gasteiger partial charge on any atom is -0.385 e. The van der Waals surface area contributed by atoms with Gasteiger partial charge in [-0.15, -0.1) is 0 Å². The minimum absolute atomic E-state index is 0.755. The third-order valence-corrected chi connectivity index (χ3v) is 4.60. The van der Waals surface area contributed by atoms with Crippen molar-refractivity contribution in [2.45, 2.75) is 20.3 Å². The molecule has 26 heavy (non-hydrogen) atoms. The van der Waals surface area contributed by atoms with Crippen molar-refractivity contribution in [3.63, 3.8) is 0 Å². The summed E-state index contributed by atoms with van der Waals surface area (Å²) in [5.74, 6) is 1.72. The van der Waals surface area contributed by atoms with Crippen LogP contribution in [0.5, 0.6) is 0 Å². The van der Waals surface area contributed by atoms with Crippen molar-refractivity contribution in [2.24, 2.45) is 0 Å². The molecule has 0 unspecified atom stereocenters. The Morgan fingerprint density at radius 3 is 2.54 bits per heavy atom. The van der Waals surface area contributed by atoms with Crippen molar-refractivity contribution in [3.8, 4) is 0 Å². The summed E-state index contributed by atoms with van der Waals surface area (Å²) in [4.78, 5) is 14.1. The molecule has 0 amide bonds. The molecule has 3 rings (SSSR count). The first-order valence-electron chi connectivity index (χ1n) is 9.31. The van der Waals surface area contributed by atoms with Gasteiger partial charge in [-0.3, -0.25) is 0 Å². The van der Waals surface area contributed by atoms with Crippen LogP contribution in [0.25, 0.3) is 0 Å². The first-order chi connectivity index (χ1) is 12.7. The Bertz CT molecular complexity index is 713. The van der Waals surface area contributed by atoms with Crippen LogP contribution in [-0.2, 0) is 4.74 Å². The highest BCUT2D eigenvalue weighted by Gasteiger charge is 2.20. The number of ether oxygens (including phenoxy) is 1. The maximum atomic E-state index is 5.09. The number of nitrogens with zero attached hydrogens (tertiary/aromatic N) is 4. The number of aromatic nitrogens is 2. The van der Waals surface area contributed by atoms with E-state index in [-0.39, 0.29) is 0 Å². The van der Waals surface area contributed by atoms with Gasteiger partial charge in [0.1, 0.15) is 5.82 Å². The molecule has 1 saturated heterocycles. The van der Waals surface area contributed by atoms with Crippen molar-refractivity contribution in [3.05, 3.63) is 41.6 Å². The average Bonchev–Trinajstić information content (AvgIpc) is 2.65. The second-order valence-corrected chi connectivity index (χ2v) is 6.78. The van der Waals surface area contributed by atoms with Gasteiger partial charge in [0.25, 0.3) is 0 Å². The maximum Gasteiger partial charge on any atom is 0.227 e. The molecular weight excluding hydrogens is 326 g/mol. The largest absolute Gasteiger partial charge is 0.385 e. The summed E-state index contributed by atoms with van der Waals surface area (Å²) < 4.78 is 5.09. The molecule has 2 aromatic rings. The topological polar surface area (TPSA) is 53.5 Å². The van der Waals surface area contributed by atoms with Crippen molar-refractivity contribution < 1.29 is 4.74 Å². The van der Waals surface area contributed by atoms with E-state index in [1.165, 1.54) is 11.3 Å². The van der Waals surface area contributed by atoms with Crippen LogP contribution in [0.15, 0.2) is 30.3 Å². The molecule has 1 fully saturated rings. The normalized spacial score (nSPS) is 14.6. The Morgan fingerprint density at radius 1 is 1.04 bits per heavy atom. The summed E-state index contributed by atoms with van der Waals surface area (Å²) in [6, 6.07) is 10.7. The number of aryl methyl sites for hydroxylation is 2. The summed E-state index contributed by atoms with van der Waals surface area (Å²) in [5.41, 5.74) is 3.59. The second kappa shape index (κ2) is 8.85.